The molecular formula is C19H17N3O2. The molecule has 0 bridgehead atoms. The topological polar surface area (TPSA) is 73.2 Å². The number of anilines is 1. The normalized spacial score (nSPS) is 16.8. The quantitative estimate of drug-likeness (QED) is 0.944. The zero-order chi connectivity index (χ0) is 17.1. The number of carbonyl (C=O) groups is 2. The number of hydrogen-bond acceptors (Lipinski definition) is 3. The Labute approximate surface area is 140 Å². The van der Waals surface area contributed by atoms with E-state index in [1.165, 1.54) is 6.07 Å². The van der Waals surface area contributed by atoms with Crippen molar-refractivity contribution < 1.29 is 9.59 Å². The van der Waals surface area contributed by atoms with Crippen LogP contribution in [-0.2, 0) is 4.79 Å². The Morgan fingerprint density at radius 2 is 2.00 bits per heavy atom. The summed E-state index contributed by atoms with van der Waals surface area (Å²) >= 11 is 0. The Balaban J connectivity index is 1.70. The molecule has 24 heavy (non-hydrogen) atoms. The molecule has 1 heterocycles. The maximum Gasteiger partial charge on any atom is 0.251 e. The van der Waals surface area contributed by atoms with E-state index in [0.29, 0.717) is 24.1 Å². The number of amides is 2. The summed E-state index contributed by atoms with van der Waals surface area (Å²) in [6, 6.07) is 15.7. The van der Waals surface area contributed by atoms with Gasteiger partial charge in [0.1, 0.15) is 6.04 Å². The van der Waals surface area contributed by atoms with E-state index in [9.17, 15) is 9.59 Å². The van der Waals surface area contributed by atoms with Gasteiger partial charge in [0, 0.05) is 17.8 Å². The molecule has 3 rings (SSSR count). The SMILES string of the molecule is Cc1ccc(N2CCC(NC(=O)c3cccc(C#N)c3)C2=O)cc1. The summed E-state index contributed by atoms with van der Waals surface area (Å²) in [6.07, 6.45) is 0.566. The first-order valence-corrected chi connectivity index (χ1v) is 7.77. The Bertz CT molecular complexity index is 821. The number of aryl methyl sites for hydroxylation is 1. The van der Waals surface area contributed by atoms with Crippen molar-refractivity contribution in [2.75, 3.05) is 11.4 Å². The van der Waals surface area contributed by atoms with Crippen LogP contribution in [0.2, 0.25) is 0 Å². The van der Waals surface area contributed by atoms with Gasteiger partial charge in [0.05, 0.1) is 11.6 Å². The number of hydrogen-bond donors (Lipinski definition) is 1. The lowest BCUT2D eigenvalue weighted by atomic mass is 10.1. The lowest BCUT2D eigenvalue weighted by molar-refractivity contribution is -0.118. The smallest absolute Gasteiger partial charge is 0.251 e. The average molecular weight is 319 g/mol. The van der Waals surface area contributed by atoms with E-state index in [1.807, 2.05) is 37.3 Å². The Morgan fingerprint density at radius 1 is 1.25 bits per heavy atom. The van der Waals surface area contributed by atoms with Gasteiger partial charge in [0.2, 0.25) is 5.91 Å². The monoisotopic (exact) mass is 319 g/mol. The molecule has 0 aliphatic carbocycles. The lowest BCUT2D eigenvalue weighted by Gasteiger charge is -2.17. The molecule has 1 aliphatic heterocycles. The molecule has 5 heteroatoms. The highest BCUT2D eigenvalue weighted by Crippen LogP contribution is 2.22. The Morgan fingerprint density at radius 3 is 2.71 bits per heavy atom. The van der Waals surface area contributed by atoms with Crippen LogP contribution in [0.3, 0.4) is 0 Å². The van der Waals surface area contributed by atoms with Crippen molar-refractivity contribution in [1.82, 2.24) is 5.32 Å². The zero-order valence-electron chi connectivity index (χ0n) is 13.3. The van der Waals surface area contributed by atoms with E-state index in [4.69, 9.17) is 5.26 Å². The second kappa shape index (κ2) is 6.55. The molecular weight excluding hydrogens is 302 g/mol. The summed E-state index contributed by atoms with van der Waals surface area (Å²) in [5, 5.41) is 11.7. The number of nitrogens with zero attached hydrogens (tertiary/aromatic N) is 2. The number of rotatable bonds is 3. The second-order valence-corrected chi connectivity index (χ2v) is 5.83. The lowest BCUT2D eigenvalue weighted by Crippen LogP contribution is -2.41. The minimum atomic E-state index is -0.537. The molecule has 120 valence electrons. The first kappa shape index (κ1) is 15.8. The van der Waals surface area contributed by atoms with Crippen molar-refractivity contribution in [2.45, 2.75) is 19.4 Å². The summed E-state index contributed by atoms with van der Waals surface area (Å²) in [5.74, 6) is -0.445. The van der Waals surface area contributed by atoms with Crippen LogP contribution in [0.1, 0.15) is 27.9 Å². The van der Waals surface area contributed by atoms with E-state index in [2.05, 4.69) is 5.32 Å². The third-order valence-corrected chi connectivity index (χ3v) is 4.11. The first-order valence-electron chi connectivity index (χ1n) is 7.77. The van der Waals surface area contributed by atoms with Crippen LogP contribution in [-0.4, -0.2) is 24.4 Å². The van der Waals surface area contributed by atoms with Crippen molar-refractivity contribution in [2.24, 2.45) is 0 Å². The predicted molar refractivity (Wildman–Crippen MR) is 90.6 cm³/mol. The fourth-order valence-electron chi connectivity index (χ4n) is 2.77. The summed E-state index contributed by atoms with van der Waals surface area (Å²) in [5.41, 5.74) is 2.78. The third-order valence-electron chi connectivity index (χ3n) is 4.11. The van der Waals surface area contributed by atoms with Crippen molar-refractivity contribution in [3.05, 3.63) is 65.2 Å². The maximum absolute atomic E-state index is 12.5. The molecule has 0 aromatic heterocycles. The predicted octanol–water partition coefficient (Wildman–Crippen LogP) is 2.40. The van der Waals surface area contributed by atoms with Gasteiger partial charge in [-0.1, -0.05) is 23.8 Å². The van der Waals surface area contributed by atoms with Crippen molar-refractivity contribution >= 4 is 17.5 Å². The molecule has 1 saturated heterocycles. The van der Waals surface area contributed by atoms with E-state index < -0.39 is 6.04 Å². The number of nitrogens with one attached hydrogen (secondary N) is 1. The standard InChI is InChI=1S/C19H17N3O2/c1-13-5-7-16(8-6-13)22-10-9-17(19(22)24)21-18(23)15-4-2-3-14(11-15)12-20/h2-8,11,17H,9-10H2,1H3,(H,21,23). The van der Waals surface area contributed by atoms with Crippen LogP contribution in [0, 0.1) is 18.3 Å². The number of carbonyl (C=O) groups excluding carboxylic acids is 2. The fourth-order valence-corrected chi connectivity index (χ4v) is 2.77. The highest BCUT2D eigenvalue weighted by molar-refractivity contribution is 6.04. The van der Waals surface area contributed by atoms with Crippen LogP contribution >= 0.6 is 0 Å². The molecule has 2 aromatic carbocycles. The molecule has 1 aliphatic rings. The first-order chi connectivity index (χ1) is 11.6. The molecule has 1 unspecified atom stereocenters. The van der Waals surface area contributed by atoms with Gasteiger partial charge in [-0.3, -0.25) is 9.59 Å². The average Bonchev–Trinajstić information content (AvgIpc) is 2.96. The number of benzene rings is 2. The van der Waals surface area contributed by atoms with Crippen LogP contribution < -0.4 is 10.2 Å². The van der Waals surface area contributed by atoms with Gasteiger partial charge in [-0.25, -0.2) is 0 Å². The molecule has 2 aromatic rings. The van der Waals surface area contributed by atoms with Crippen molar-refractivity contribution in [3.8, 4) is 6.07 Å². The summed E-state index contributed by atoms with van der Waals surface area (Å²) in [6.45, 7) is 2.57. The van der Waals surface area contributed by atoms with Gasteiger partial charge in [-0.2, -0.15) is 5.26 Å². The Kier molecular flexibility index (Phi) is 4.30. The van der Waals surface area contributed by atoms with Crippen LogP contribution in [0.15, 0.2) is 48.5 Å². The molecule has 5 nitrogen and oxygen atoms in total. The van der Waals surface area contributed by atoms with Gasteiger partial charge in [0.25, 0.3) is 5.91 Å². The van der Waals surface area contributed by atoms with Gasteiger partial charge < -0.3 is 10.2 Å². The zero-order valence-corrected chi connectivity index (χ0v) is 13.3. The van der Waals surface area contributed by atoms with E-state index in [0.717, 1.165) is 11.3 Å². The third kappa shape index (κ3) is 3.13. The van der Waals surface area contributed by atoms with Gasteiger partial charge in [0.15, 0.2) is 0 Å². The van der Waals surface area contributed by atoms with E-state index in [-0.39, 0.29) is 11.8 Å². The summed E-state index contributed by atoms with van der Waals surface area (Å²) in [7, 11) is 0. The molecule has 1 N–H and O–H groups in total. The fraction of sp³-hybridized carbons (Fsp3) is 0.211. The van der Waals surface area contributed by atoms with Gasteiger partial charge >= 0.3 is 0 Å². The second-order valence-electron chi connectivity index (χ2n) is 5.83. The summed E-state index contributed by atoms with van der Waals surface area (Å²) < 4.78 is 0. The molecule has 2 amide bonds. The van der Waals surface area contributed by atoms with Crippen molar-refractivity contribution in [1.29, 1.82) is 5.26 Å². The minimum absolute atomic E-state index is 0.108. The Hall–Kier alpha value is -3.13. The van der Waals surface area contributed by atoms with Gasteiger partial charge in [-0.15, -0.1) is 0 Å². The van der Waals surface area contributed by atoms with E-state index in [1.54, 1.807) is 23.1 Å². The summed E-state index contributed by atoms with van der Waals surface area (Å²) in [4.78, 5) is 26.5. The molecule has 0 radical (unpaired) electrons. The van der Waals surface area contributed by atoms with E-state index >= 15 is 0 Å². The minimum Gasteiger partial charge on any atom is -0.340 e. The largest absolute Gasteiger partial charge is 0.340 e. The maximum atomic E-state index is 12.5. The number of nitriles is 1. The molecule has 0 saturated carbocycles. The molecule has 1 fully saturated rings. The van der Waals surface area contributed by atoms with Crippen LogP contribution in [0.25, 0.3) is 0 Å². The van der Waals surface area contributed by atoms with Gasteiger partial charge in [-0.05, 0) is 43.7 Å². The highest BCUT2D eigenvalue weighted by atomic mass is 16.2. The molecule has 1 atom stereocenters. The van der Waals surface area contributed by atoms with Crippen molar-refractivity contribution in [3.63, 3.8) is 0 Å². The highest BCUT2D eigenvalue weighted by Gasteiger charge is 2.33. The van der Waals surface area contributed by atoms with Crippen LogP contribution in [0.5, 0.6) is 0 Å². The van der Waals surface area contributed by atoms with Crippen LogP contribution in [0.4, 0.5) is 5.69 Å². The molecule has 0 spiro atoms.